The number of aromatic nitrogens is 1. The highest BCUT2D eigenvalue weighted by molar-refractivity contribution is 7.13. The Hall–Kier alpha value is -1.66. The SMILES string of the molecule is Cc1oc(-c2cccs2)nc1CC(=O)N1CCCCC1CN. The quantitative estimate of drug-likeness (QED) is 0.940. The van der Waals surface area contributed by atoms with E-state index in [1.165, 1.54) is 0 Å². The van der Waals surface area contributed by atoms with Crippen LogP contribution in [-0.2, 0) is 11.2 Å². The van der Waals surface area contributed by atoms with E-state index in [2.05, 4.69) is 4.98 Å². The Morgan fingerprint density at radius 1 is 1.55 bits per heavy atom. The van der Waals surface area contributed by atoms with Gasteiger partial charge in [0.05, 0.1) is 17.0 Å². The van der Waals surface area contributed by atoms with Crippen molar-refractivity contribution >= 4 is 17.2 Å². The third-order valence-corrected chi connectivity index (χ3v) is 5.02. The van der Waals surface area contributed by atoms with Gasteiger partial charge in [0.15, 0.2) is 0 Å². The summed E-state index contributed by atoms with van der Waals surface area (Å²) in [5, 5.41) is 1.99. The van der Waals surface area contributed by atoms with Crippen molar-refractivity contribution in [1.29, 1.82) is 0 Å². The van der Waals surface area contributed by atoms with Crippen LogP contribution in [0.15, 0.2) is 21.9 Å². The van der Waals surface area contributed by atoms with Crippen molar-refractivity contribution in [3.63, 3.8) is 0 Å². The predicted molar refractivity (Wildman–Crippen MR) is 86.7 cm³/mol. The summed E-state index contributed by atoms with van der Waals surface area (Å²) in [5.41, 5.74) is 6.53. The fourth-order valence-corrected chi connectivity index (χ4v) is 3.57. The van der Waals surface area contributed by atoms with Crippen LogP contribution in [0.25, 0.3) is 10.8 Å². The molecular formula is C16H21N3O2S. The van der Waals surface area contributed by atoms with E-state index in [1.54, 1.807) is 11.3 Å². The Labute approximate surface area is 134 Å². The van der Waals surface area contributed by atoms with Crippen LogP contribution in [0.2, 0.25) is 0 Å². The third-order valence-electron chi connectivity index (χ3n) is 4.16. The standard InChI is InChI=1S/C16H21N3O2S/c1-11-13(18-16(21-11)14-6-4-8-22-14)9-15(20)19-7-3-2-5-12(19)10-17/h4,6,8,12H,2-3,5,7,9-10,17H2,1H3. The first kappa shape index (κ1) is 15.2. The Bertz CT molecular complexity index is 636. The van der Waals surface area contributed by atoms with E-state index in [4.69, 9.17) is 10.2 Å². The number of carbonyl (C=O) groups is 1. The Morgan fingerprint density at radius 3 is 3.14 bits per heavy atom. The summed E-state index contributed by atoms with van der Waals surface area (Å²) in [7, 11) is 0. The van der Waals surface area contributed by atoms with Crippen LogP contribution < -0.4 is 5.73 Å². The number of nitrogens with two attached hydrogens (primary N) is 1. The van der Waals surface area contributed by atoms with Crippen molar-refractivity contribution in [1.82, 2.24) is 9.88 Å². The molecule has 1 unspecified atom stereocenters. The summed E-state index contributed by atoms with van der Waals surface area (Å²) in [6.07, 6.45) is 3.50. The lowest BCUT2D eigenvalue weighted by molar-refractivity contribution is -0.133. The van der Waals surface area contributed by atoms with Crippen LogP contribution in [0.5, 0.6) is 0 Å². The zero-order valence-corrected chi connectivity index (χ0v) is 13.6. The molecular weight excluding hydrogens is 298 g/mol. The summed E-state index contributed by atoms with van der Waals surface area (Å²) in [4.78, 5) is 20.0. The van der Waals surface area contributed by atoms with E-state index < -0.39 is 0 Å². The molecule has 3 rings (SSSR count). The first-order chi connectivity index (χ1) is 10.7. The lowest BCUT2D eigenvalue weighted by atomic mass is 10.0. The minimum atomic E-state index is 0.101. The maximum Gasteiger partial charge on any atom is 0.236 e. The van der Waals surface area contributed by atoms with Gasteiger partial charge >= 0.3 is 0 Å². The molecule has 0 spiro atoms. The number of aryl methyl sites for hydroxylation is 1. The fraction of sp³-hybridized carbons (Fsp3) is 0.500. The number of carbonyl (C=O) groups excluding carboxylic acids is 1. The van der Waals surface area contributed by atoms with Crippen molar-refractivity contribution in [3.8, 4) is 10.8 Å². The Morgan fingerprint density at radius 2 is 2.41 bits per heavy atom. The van der Waals surface area contributed by atoms with E-state index in [0.29, 0.717) is 12.4 Å². The molecule has 2 aromatic rings. The van der Waals surface area contributed by atoms with Gasteiger partial charge in [-0.15, -0.1) is 11.3 Å². The van der Waals surface area contributed by atoms with Crippen molar-refractivity contribution in [2.24, 2.45) is 5.73 Å². The zero-order valence-electron chi connectivity index (χ0n) is 12.7. The van der Waals surface area contributed by atoms with Crippen molar-refractivity contribution in [2.45, 2.75) is 38.6 Å². The average molecular weight is 319 g/mol. The average Bonchev–Trinajstić information content (AvgIpc) is 3.17. The molecule has 1 fully saturated rings. The van der Waals surface area contributed by atoms with Gasteiger partial charge in [-0.2, -0.15) is 0 Å². The molecule has 0 bridgehead atoms. The molecule has 6 heteroatoms. The number of oxazole rings is 1. The van der Waals surface area contributed by atoms with E-state index in [-0.39, 0.29) is 18.4 Å². The molecule has 3 heterocycles. The van der Waals surface area contributed by atoms with Gasteiger partial charge < -0.3 is 15.1 Å². The highest BCUT2D eigenvalue weighted by Gasteiger charge is 2.27. The first-order valence-electron chi connectivity index (χ1n) is 7.68. The van der Waals surface area contributed by atoms with Gasteiger partial charge in [-0.25, -0.2) is 4.98 Å². The normalized spacial score (nSPS) is 18.6. The van der Waals surface area contributed by atoms with Gasteiger partial charge in [0, 0.05) is 19.1 Å². The maximum atomic E-state index is 12.6. The third kappa shape index (κ3) is 3.08. The van der Waals surface area contributed by atoms with E-state index >= 15 is 0 Å². The van der Waals surface area contributed by atoms with Crippen LogP contribution in [0, 0.1) is 6.92 Å². The second kappa shape index (κ2) is 6.62. The number of hydrogen-bond donors (Lipinski definition) is 1. The lowest BCUT2D eigenvalue weighted by Crippen LogP contribution is -2.48. The summed E-state index contributed by atoms with van der Waals surface area (Å²) < 4.78 is 5.70. The van der Waals surface area contributed by atoms with Crippen LogP contribution in [0.1, 0.15) is 30.7 Å². The summed E-state index contributed by atoms with van der Waals surface area (Å²) >= 11 is 1.58. The van der Waals surface area contributed by atoms with Gasteiger partial charge in [0.25, 0.3) is 0 Å². The molecule has 1 aliphatic rings. The Kier molecular flexibility index (Phi) is 4.59. The number of nitrogens with zero attached hydrogens (tertiary/aromatic N) is 2. The fourth-order valence-electron chi connectivity index (χ4n) is 2.92. The van der Waals surface area contributed by atoms with Gasteiger partial charge in [0.2, 0.25) is 11.8 Å². The maximum absolute atomic E-state index is 12.6. The Balaban J connectivity index is 1.74. The molecule has 5 nitrogen and oxygen atoms in total. The zero-order chi connectivity index (χ0) is 15.5. The van der Waals surface area contributed by atoms with Gasteiger partial charge in [0.1, 0.15) is 5.76 Å². The number of amides is 1. The first-order valence-corrected chi connectivity index (χ1v) is 8.56. The molecule has 0 saturated carbocycles. The minimum absolute atomic E-state index is 0.101. The molecule has 0 aromatic carbocycles. The predicted octanol–water partition coefficient (Wildman–Crippen LogP) is 2.59. The van der Waals surface area contributed by atoms with E-state index in [1.807, 2.05) is 29.3 Å². The summed E-state index contributed by atoms with van der Waals surface area (Å²) in [6.45, 7) is 3.20. The number of rotatable bonds is 4. The molecule has 1 atom stereocenters. The molecule has 22 heavy (non-hydrogen) atoms. The molecule has 2 N–H and O–H groups in total. The second-order valence-electron chi connectivity index (χ2n) is 5.65. The monoisotopic (exact) mass is 319 g/mol. The van der Waals surface area contributed by atoms with Crippen molar-refractivity contribution in [2.75, 3.05) is 13.1 Å². The van der Waals surface area contributed by atoms with Crippen LogP contribution >= 0.6 is 11.3 Å². The molecule has 2 aromatic heterocycles. The molecule has 1 saturated heterocycles. The topological polar surface area (TPSA) is 72.4 Å². The number of piperidine rings is 1. The number of likely N-dealkylation sites (tertiary alicyclic amines) is 1. The smallest absolute Gasteiger partial charge is 0.236 e. The number of thiophene rings is 1. The molecule has 1 aliphatic heterocycles. The van der Waals surface area contributed by atoms with E-state index in [9.17, 15) is 4.79 Å². The molecule has 0 aliphatic carbocycles. The van der Waals surface area contributed by atoms with Crippen LogP contribution in [-0.4, -0.2) is 34.9 Å². The molecule has 1 amide bonds. The second-order valence-corrected chi connectivity index (χ2v) is 6.60. The van der Waals surface area contributed by atoms with Crippen LogP contribution in [0.3, 0.4) is 0 Å². The largest absolute Gasteiger partial charge is 0.440 e. The van der Waals surface area contributed by atoms with E-state index in [0.717, 1.165) is 42.1 Å². The summed E-state index contributed by atoms with van der Waals surface area (Å²) in [5.74, 6) is 1.42. The summed E-state index contributed by atoms with van der Waals surface area (Å²) in [6, 6.07) is 4.10. The number of hydrogen-bond acceptors (Lipinski definition) is 5. The van der Waals surface area contributed by atoms with Crippen molar-refractivity contribution in [3.05, 3.63) is 29.0 Å². The van der Waals surface area contributed by atoms with Gasteiger partial charge in [-0.05, 0) is 37.6 Å². The van der Waals surface area contributed by atoms with Gasteiger partial charge in [-0.3, -0.25) is 4.79 Å². The van der Waals surface area contributed by atoms with Gasteiger partial charge in [-0.1, -0.05) is 6.07 Å². The van der Waals surface area contributed by atoms with Crippen molar-refractivity contribution < 1.29 is 9.21 Å². The molecule has 0 radical (unpaired) electrons. The highest BCUT2D eigenvalue weighted by atomic mass is 32.1. The lowest BCUT2D eigenvalue weighted by Gasteiger charge is -2.35. The van der Waals surface area contributed by atoms with Crippen LogP contribution in [0.4, 0.5) is 0 Å². The molecule has 118 valence electrons. The minimum Gasteiger partial charge on any atom is -0.440 e. The highest BCUT2D eigenvalue weighted by Crippen LogP contribution is 2.26.